The van der Waals surface area contributed by atoms with E-state index in [1.165, 1.54) is 0 Å². The highest BCUT2D eigenvalue weighted by Crippen LogP contribution is 2.56. The Balaban J connectivity index is 2.28. The van der Waals surface area contributed by atoms with Crippen molar-refractivity contribution < 1.29 is 0 Å². The second-order valence-electron chi connectivity index (χ2n) is 0.994. The third kappa shape index (κ3) is 2.43. The van der Waals surface area contributed by atoms with E-state index in [4.69, 9.17) is 11.2 Å². The molecule has 3 atom stereocenters. The number of hydrogen-bond donors (Lipinski definition) is 2. The summed E-state index contributed by atoms with van der Waals surface area (Å²) in [5, 5.41) is 0. The Labute approximate surface area is 71.6 Å². The molecule has 8 heteroatoms. The van der Waals surface area contributed by atoms with E-state index in [1.54, 1.807) is 0 Å². The summed E-state index contributed by atoms with van der Waals surface area (Å²) in [6.07, 6.45) is 0. The third-order valence-electron chi connectivity index (χ3n) is 0.513. The van der Waals surface area contributed by atoms with Crippen molar-refractivity contribution in [3.05, 3.63) is 0 Å². The van der Waals surface area contributed by atoms with E-state index < -0.39 is 7.58 Å². The maximum Gasteiger partial charge on any atom is 0.155 e. The van der Waals surface area contributed by atoms with Crippen LogP contribution in [0.3, 0.4) is 0 Å². The molecule has 8 heavy (non-hydrogen) atoms. The van der Waals surface area contributed by atoms with Gasteiger partial charge in [-0.15, -0.1) is 0 Å². The standard InChI is InChI=1S/ClH4IN3P3/c1-8-4-6-3-7-5(8)2/h3-4,6-7H. The summed E-state index contributed by atoms with van der Waals surface area (Å²) >= 11 is 8.02. The van der Waals surface area contributed by atoms with Crippen molar-refractivity contribution in [1.29, 1.82) is 0 Å². The van der Waals surface area contributed by atoms with Crippen molar-refractivity contribution in [2.45, 2.75) is 0 Å². The number of halogens is 2. The molecule has 3 unspecified atom stereocenters. The Morgan fingerprint density at radius 1 is 1.75 bits per heavy atom. The van der Waals surface area contributed by atoms with Crippen LogP contribution in [0.1, 0.15) is 0 Å². The van der Waals surface area contributed by atoms with Crippen LogP contribution in [0.4, 0.5) is 0 Å². The molecule has 1 fully saturated rings. The molecule has 1 saturated heterocycles. The van der Waals surface area contributed by atoms with Crippen LogP contribution in [0.5, 0.6) is 0 Å². The monoisotopic (exact) mass is 301 g/mol. The quantitative estimate of drug-likeness (QED) is 0.408. The maximum absolute atomic E-state index is 5.81. The molecule has 1 rings (SSSR count). The molecule has 0 aromatic heterocycles. The Morgan fingerprint density at radius 3 is 2.88 bits per heavy atom. The first-order chi connectivity index (χ1) is 3.80. The van der Waals surface area contributed by atoms with Crippen LogP contribution < -0.4 is 9.72 Å². The highest BCUT2D eigenvalue weighted by Gasteiger charge is 2.16. The fourth-order valence-electron chi connectivity index (χ4n) is 0.236. The largest absolute Gasteiger partial charge is 0.253 e. The number of nitrogens with zero attached hydrogens (tertiary/aromatic N) is 1. The van der Waals surface area contributed by atoms with E-state index in [1.807, 2.05) is 2.65 Å². The lowest BCUT2D eigenvalue weighted by Crippen LogP contribution is -2.10. The lowest BCUT2D eigenvalue weighted by atomic mass is 13.8. The minimum absolute atomic E-state index is 0.548. The second-order valence-corrected chi connectivity index (χ2v) is 8.70. The SMILES string of the molecule is ClP1NPNPN1I. The van der Waals surface area contributed by atoms with E-state index in [2.05, 4.69) is 32.6 Å². The predicted molar refractivity (Wildman–Crippen MR) is 51.5 cm³/mol. The maximum atomic E-state index is 5.81. The van der Waals surface area contributed by atoms with E-state index >= 15 is 0 Å². The molecule has 0 saturated carbocycles. The van der Waals surface area contributed by atoms with Gasteiger partial charge in [0.05, 0.1) is 0 Å². The van der Waals surface area contributed by atoms with Crippen molar-refractivity contribution in [3.63, 3.8) is 0 Å². The van der Waals surface area contributed by atoms with Gasteiger partial charge in [-0.25, -0.2) is 4.86 Å². The van der Waals surface area contributed by atoms with Crippen LogP contribution in [0, 0.1) is 0 Å². The van der Waals surface area contributed by atoms with Crippen molar-refractivity contribution in [1.82, 2.24) is 12.4 Å². The van der Waals surface area contributed by atoms with Crippen molar-refractivity contribution in [3.8, 4) is 0 Å². The first-order valence-corrected chi connectivity index (χ1v) is 6.85. The summed E-state index contributed by atoms with van der Waals surface area (Å²) in [6.45, 7) is 0. The Bertz CT molecular complexity index is 70.9. The summed E-state index contributed by atoms with van der Waals surface area (Å²) in [5.41, 5.74) is 0. The molecule has 1 aliphatic heterocycles. The number of hydrogen-bond acceptors (Lipinski definition) is 3. The molecule has 0 aromatic rings. The van der Waals surface area contributed by atoms with Gasteiger partial charge in [-0.05, 0) is 0 Å². The van der Waals surface area contributed by atoms with Crippen LogP contribution >= 0.6 is 59.4 Å². The average molecular weight is 301 g/mol. The number of nitrogens with one attached hydrogen (secondary N) is 2. The fraction of sp³-hybridized carbons (Fsp3) is 0. The van der Waals surface area contributed by atoms with Gasteiger partial charge < -0.3 is 0 Å². The molecule has 0 amide bonds. The van der Waals surface area contributed by atoms with E-state index in [0.29, 0.717) is 17.8 Å². The van der Waals surface area contributed by atoms with Gasteiger partial charge in [-0.3, -0.25) is 4.86 Å². The van der Waals surface area contributed by atoms with Gasteiger partial charge >= 0.3 is 0 Å². The topological polar surface area (TPSA) is 27.3 Å². The Morgan fingerprint density at radius 2 is 2.50 bits per heavy atom. The molecule has 1 heterocycles. The molecule has 0 aromatic carbocycles. The third-order valence-corrected chi connectivity index (χ3v) is 8.42. The molecule has 0 aliphatic carbocycles. The molecular weight excluding hydrogens is 297 g/mol. The predicted octanol–water partition coefficient (Wildman–Crippen LogP) is 2.31. The second kappa shape index (κ2) is 4.15. The lowest BCUT2D eigenvalue weighted by molar-refractivity contribution is 1.24. The lowest BCUT2D eigenvalue weighted by Gasteiger charge is -2.25. The molecular formula is H4ClIN3P3. The average Bonchev–Trinajstić information content (AvgIpc) is 1.77. The highest BCUT2D eigenvalue weighted by molar-refractivity contribution is 14.1. The van der Waals surface area contributed by atoms with Crippen molar-refractivity contribution in [2.75, 3.05) is 0 Å². The molecule has 0 bridgehead atoms. The first kappa shape index (κ1) is 8.29. The van der Waals surface area contributed by atoms with Crippen LogP contribution in [0.2, 0.25) is 0 Å². The summed E-state index contributed by atoms with van der Waals surface area (Å²) in [5.74, 6) is 0. The minimum Gasteiger partial charge on any atom is -0.253 e. The van der Waals surface area contributed by atoms with Crippen molar-refractivity contribution in [2.24, 2.45) is 0 Å². The van der Waals surface area contributed by atoms with Crippen LogP contribution in [-0.4, -0.2) is 2.65 Å². The molecule has 1 aliphatic rings. The summed E-state index contributed by atoms with van der Waals surface area (Å²) in [4.78, 5) is 6.26. The van der Waals surface area contributed by atoms with Gasteiger partial charge in [0.1, 0.15) is 0 Å². The highest BCUT2D eigenvalue weighted by atomic mass is 127. The Hall–Kier alpha value is 2.19. The van der Waals surface area contributed by atoms with Crippen LogP contribution in [0.15, 0.2) is 0 Å². The van der Waals surface area contributed by atoms with Gasteiger partial charge in [0.15, 0.2) is 7.58 Å². The van der Waals surface area contributed by atoms with Gasteiger partial charge in [0.25, 0.3) is 0 Å². The smallest absolute Gasteiger partial charge is 0.155 e. The first-order valence-electron chi connectivity index (χ1n) is 1.74. The normalized spacial score (nSPS) is 39.0. The Kier molecular flexibility index (Phi) is 4.30. The number of rotatable bonds is 0. The molecule has 3 nitrogen and oxygen atoms in total. The van der Waals surface area contributed by atoms with Gasteiger partial charge in [0.2, 0.25) is 0 Å². The van der Waals surface area contributed by atoms with Gasteiger partial charge in [-0.1, -0.05) is 11.2 Å². The summed E-state index contributed by atoms with van der Waals surface area (Å²) in [7, 11) is 0.755. The fourth-order valence-corrected chi connectivity index (χ4v) is 6.30. The van der Waals surface area contributed by atoms with Gasteiger partial charge in [-0.2, -0.15) is 2.65 Å². The molecule has 0 spiro atoms. The minimum atomic E-state index is -0.548. The van der Waals surface area contributed by atoms with Crippen molar-refractivity contribution >= 4 is 59.4 Å². The molecule has 0 radical (unpaired) electrons. The van der Waals surface area contributed by atoms with E-state index in [0.717, 1.165) is 0 Å². The molecule has 2 N–H and O–H groups in total. The van der Waals surface area contributed by atoms with Gasteiger partial charge in [0, 0.05) is 40.6 Å². The molecule has 48 valence electrons. The van der Waals surface area contributed by atoms with E-state index in [-0.39, 0.29) is 0 Å². The summed E-state index contributed by atoms with van der Waals surface area (Å²) in [6, 6.07) is 0. The zero-order chi connectivity index (χ0) is 5.98. The van der Waals surface area contributed by atoms with Crippen LogP contribution in [0.25, 0.3) is 0 Å². The zero-order valence-electron chi connectivity index (χ0n) is 3.65. The van der Waals surface area contributed by atoms with Crippen LogP contribution in [-0.2, 0) is 0 Å². The van der Waals surface area contributed by atoms with E-state index in [9.17, 15) is 0 Å². The zero-order valence-corrected chi connectivity index (χ0v) is 9.46. The summed E-state index contributed by atoms with van der Waals surface area (Å²) < 4.78 is 2.05.